The Kier molecular flexibility index (Phi) is 4.04. The summed E-state index contributed by atoms with van der Waals surface area (Å²) in [4.78, 5) is 24.5. The van der Waals surface area contributed by atoms with Crippen LogP contribution in [0.4, 0.5) is 5.69 Å². The number of anilines is 1. The fraction of sp³-hybridized carbons (Fsp3) is 0.429. The predicted octanol–water partition coefficient (Wildman–Crippen LogP) is 1.78. The largest absolute Gasteiger partial charge is 0.496 e. The van der Waals surface area contributed by atoms with Gasteiger partial charge in [0.2, 0.25) is 11.8 Å². The molecule has 1 heterocycles. The average molecular weight is 262 g/mol. The van der Waals surface area contributed by atoms with Gasteiger partial charge < -0.3 is 15.0 Å². The first-order valence-electron chi connectivity index (χ1n) is 6.32. The lowest BCUT2D eigenvalue weighted by Crippen LogP contribution is -2.24. The van der Waals surface area contributed by atoms with E-state index in [9.17, 15) is 9.59 Å². The molecule has 0 spiro atoms. The fourth-order valence-corrected chi connectivity index (χ4v) is 2.26. The summed E-state index contributed by atoms with van der Waals surface area (Å²) in [6, 6.07) is 5.45. The van der Waals surface area contributed by atoms with E-state index in [0.717, 1.165) is 30.0 Å². The highest BCUT2D eigenvalue weighted by Gasteiger charge is 2.21. The van der Waals surface area contributed by atoms with Crippen LogP contribution in [-0.2, 0) is 16.1 Å². The van der Waals surface area contributed by atoms with Crippen LogP contribution in [0, 0.1) is 0 Å². The molecule has 1 aromatic rings. The zero-order valence-corrected chi connectivity index (χ0v) is 11.2. The predicted molar refractivity (Wildman–Crippen MR) is 71.9 cm³/mol. The van der Waals surface area contributed by atoms with Gasteiger partial charge in [-0.1, -0.05) is 0 Å². The quantitative estimate of drug-likeness (QED) is 0.899. The normalized spacial score (nSPS) is 14.6. The summed E-state index contributed by atoms with van der Waals surface area (Å²) in [5.74, 6) is 0.786. The standard InChI is InChI=1S/C14H18N2O3/c1-10(17)15-12-5-6-13(19-2)11(8-12)9-16-7-3-4-14(16)18/h5-6,8H,3-4,7,9H2,1-2H3,(H,15,17). The number of ether oxygens (including phenoxy) is 1. The van der Waals surface area contributed by atoms with Crippen molar-refractivity contribution in [1.82, 2.24) is 4.90 Å². The molecule has 5 nitrogen and oxygen atoms in total. The van der Waals surface area contributed by atoms with E-state index in [1.54, 1.807) is 19.2 Å². The maximum atomic E-state index is 11.7. The molecule has 0 unspecified atom stereocenters. The molecule has 102 valence electrons. The van der Waals surface area contributed by atoms with Crippen molar-refractivity contribution in [3.05, 3.63) is 23.8 Å². The van der Waals surface area contributed by atoms with Crippen molar-refractivity contribution in [2.75, 3.05) is 19.0 Å². The Morgan fingerprint density at radius 3 is 2.84 bits per heavy atom. The summed E-state index contributed by atoms with van der Waals surface area (Å²) in [5.41, 5.74) is 1.62. The third-order valence-corrected chi connectivity index (χ3v) is 3.13. The number of rotatable bonds is 4. The summed E-state index contributed by atoms with van der Waals surface area (Å²) < 4.78 is 5.30. The van der Waals surface area contributed by atoms with Crippen molar-refractivity contribution < 1.29 is 14.3 Å². The zero-order chi connectivity index (χ0) is 13.8. The van der Waals surface area contributed by atoms with Gasteiger partial charge in [0, 0.05) is 37.7 Å². The maximum Gasteiger partial charge on any atom is 0.222 e. The minimum Gasteiger partial charge on any atom is -0.496 e. The number of benzene rings is 1. The Balaban J connectivity index is 2.20. The van der Waals surface area contributed by atoms with Gasteiger partial charge in [-0.05, 0) is 24.6 Å². The van der Waals surface area contributed by atoms with Gasteiger partial charge in [0.1, 0.15) is 5.75 Å². The Morgan fingerprint density at radius 2 is 2.26 bits per heavy atom. The minimum atomic E-state index is -0.117. The second-order valence-corrected chi connectivity index (χ2v) is 4.63. The fourth-order valence-electron chi connectivity index (χ4n) is 2.26. The van der Waals surface area contributed by atoms with Gasteiger partial charge in [0.15, 0.2) is 0 Å². The van der Waals surface area contributed by atoms with E-state index in [-0.39, 0.29) is 11.8 Å². The topological polar surface area (TPSA) is 58.6 Å². The van der Waals surface area contributed by atoms with Gasteiger partial charge in [-0.2, -0.15) is 0 Å². The lowest BCUT2D eigenvalue weighted by atomic mass is 10.1. The van der Waals surface area contributed by atoms with Crippen LogP contribution >= 0.6 is 0 Å². The first-order chi connectivity index (χ1) is 9.10. The molecule has 2 amide bonds. The third-order valence-electron chi connectivity index (χ3n) is 3.13. The lowest BCUT2D eigenvalue weighted by Gasteiger charge is -2.18. The zero-order valence-electron chi connectivity index (χ0n) is 11.2. The van der Waals surface area contributed by atoms with Crippen LogP contribution in [-0.4, -0.2) is 30.4 Å². The van der Waals surface area contributed by atoms with Crippen molar-refractivity contribution in [2.24, 2.45) is 0 Å². The molecule has 1 aliphatic heterocycles. The van der Waals surface area contributed by atoms with Crippen LogP contribution in [0.25, 0.3) is 0 Å². The number of hydrogen-bond acceptors (Lipinski definition) is 3. The SMILES string of the molecule is COc1ccc(NC(C)=O)cc1CN1CCCC1=O. The summed E-state index contributed by atoms with van der Waals surface area (Å²) in [6.45, 7) is 2.77. The molecular formula is C14H18N2O3. The number of carbonyl (C=O) groups excluding carboxylic acids is 2. The second-order valence-electron chi connectivity index (χ2n) is 4.63. The molecular weight excluding hydrogens is 244 g/mol. The molecule has 0 saturated carbocycles. The van der Waals surface area contributed by atoms with Gasteiger partial charge >= 0.3 is 0 Å². The molecule has 19 heavy (non-hydrogen) atoms. The van der Waals surface area contributed by atoms with E-state index in [1.165, 1.54) is 6.92 Å². The van der Waals surface area contributed by atoms with Crippen molar-refractivity contribution in [1.29, 1.82) is 0 Å². The Bertz CT molecular complexity index is 499. The molecule has 1 fully saturated rings. The molecule has 1 aliphatic rings. The summed E-state index contributed by atoms with van der Waals surface area (Å²) >= 11 is 0. The molecule has 0 bridgehead atoms. The third kappa shape index (κ3) is 3.24. The van der Waals surface area contributed by atoms with Gasteiger partial charge in [-0.3, -0.25) is 9.59 Å². The van der Waals surface area contributed by atoms with Crippen LogP contribution in [0.15, 0.2) is 18.2 Å². The van der Waals surface area contributed by atoms with E-state index in [1.807, 2.05) is 11.0 Å². The highest BCUT2D eigenvalue weighted by Crippen LogP contribution is 2.25. The van der Waals surface area contributed by atoms with E-state index >= 15 is 0 Å². The Labute approximate surface area is 112 Å². The van der Waals surface area contributed by atoms with Crippen LogP contribution in [0.5, 0.6) is 5.75 Å². The van der Waals surface area contributed by atoms with E-state index in [0.29, 0.717) is 13.0 Å². The molecule has 0 atom stereocenters. The molecule has 0 radical (unpaired) electrons. The molecule has 1 N–H and O–H groups in total. The van der Waals surface area contributed by atoms with Crippen molar-refractivity contribution in [2.45, 2.75) is 26.3 Å². The Morgan fingerprint density at radius 1 is 1.47 bits per heavy atom. The number of carbonyl (C=O) groups is 2. The van der Waals surface area contributed by atoms with Crippen LogP contribution < -0.4 is 10.1 Å². The second kappa shape index (κ2) is 5.73. The summed E-state index contributed by atoms with van der Waals surface area (Å²) in [5, 5.41) is 2.73. The number of nitrogens with one attached hydrogen (secondary N) is 1. The van der Waals surface area contributed by atoms with Gasteiger partial charge in [-0.15, -0.1) is 0 Å². The Hall–Kier alpha value is -2.04. The smallest absolute Gasteiger partial charge is 0.222 e. The average Bonchev–Trinajstić information content (AvgIpc) is 2.75. The molecule has 1 saturated heterocycles. The van der Waals surface area contributed by atoms with Gasteiger partial charge in [0.05, 0.1) is 7.11 Å². The number of nitrogens with zero attached hydrogens (tertiary/aromatic N) is 1. The molecule has 0 aromatic heterocycles. The van der Waals surface area contributed by atoms with Crippen molar-refractivity contribution in [3.8, 4) is 5.75 Å². The van der Waals surface area contributed by atoms with E-state index in [2.05, 4.69) is 5.32 Å². The number of hydrogen-bond donors (Lipinski definition) is 1. The highest BCUT2D eigenvalue weighted by molar-refractivity contribution is 5.88. The molecule has 5 heteroatoms. The number of methoxy groups -OCH3 is 1. The molecule has 0 aliphatic carbocycles. The monoisotopic (exact) mass is 262 g/mol. The number of likely N-dealkylation sites (tertiary alicyclic amines) is 1. The first-order valence-corrected chi connectivity index (χ1v) is 6.32. The van der Waals surface area contributed by atoms with E-state index in [4.69, 9.17) is 4.74 Å². The van der Waals surface area contributed by atoms with Gasteiger partial charge in [-0.25, -0.2) is 0 Å². The summed E-state index contributed by atoms with van der Waals surface area (Å²) in [7, 11) is 1.60. The van der Waals surface area contributed by atoms with Crippen molar-refractivity contribution in [3.63, 3.8) is 0 Å². The molecule has 1 aromatic carbocycles. The van der Waals surface area contributed by atoms with E-state index < -0.39 is 0 Å². The summed E-state index contributed by atoms with van der Waals surface area (Å²) in [6.07, 6.45) is 1.53. The number of amides is 2. The lowest BCUT2D eigenvalue weighted by molar-refractivity contribution is -0.128. The van der Waals surface area contributed by atoms with Gasteiger partial charge in [0.25, 0.3) is 0 Å². The van der Waals surface area contributed by atoms with Crippen LogP contribution in [0.3, 0.4) is 0 Å². The first kappa shape index (κ1) is 13.4. The van der Waals surface area contributed by atoms with Crippen molar-refractivity contribution >= 4 is 17.5 Å². The van der Waals surface area contributed by atoms with Crippen LogP contribution in [0.1, 0.15) is 25.3 Å². The van der Waals surface area contributed by atoms with Crippen LogP contribution in [0.2, 0.25) is 0 Å². The highest BCUT2D eigenvalue weighted by atomic mass is 16.5. The minimum absolute atomic E-state index is 0.117. The maximum absolute atomic E-state index is 11.7. The molecule has 2 rings (SSSR count).